The summed E-state index contributed by atoms with van der Waals surface area (Å²) in [6.07, 6.45) is 0. The topological polar surface area (TPSA) is 8.17 Å². The lowest BCUT2D eigenvalue weighted by molar-refractivity contribution is 0.754. The van der Waals surface area contributed by atoms with Gasteiger partial charge >= 0.3 is 0 Å². The largest absolute Gasteiger partial charge is 0.310 e. The molecule has 1 aliphatic heterocycles. The minimum Gasteiger partial charge on any atom is -0.310 e. The number of para-hydroxylation sites is 2. The molecule has 306 valence electrons. The van der Waals surface area contributed by atoms with Crippen LogP contribution in [0.25, 0.3) is 69.6 Å². The lowest BCUT2D eigenvalue weighted by atomic mass is 9.59. The quantitative estimate of drug-likeness (QED) is 0.160. The summed E-state index contributed by atoms with van der Waals surface area (Å²) in [5.74, 6) is 0. The van der Waals surface area contributed by atoms with E-state index < -0.39 is 13.5 Å². The van der Waals surface area contributed by atoms with Crippen molar-refractivity contribution in [2.75, 3.05) is 4.90 Å². The minimum atomic E-state index is -2.29. The van der Waals surface area contributed by atoms with Crippen LogP contribution in [0.4, 0.5) is 17.1 Å². The smallest absolute Gasteiger partial charge is 0.113 e. The summed E-state index contributed by atoms with van der Waals surface area (Å²) in [6.45, 7) is 5.13. The molecule has 0 bridgehead atoms. The molecule has 0 amide bonds. The van der Waals surface area contributed by atoms with Crippen LogP contribution in [0.15, 0.2) is 218 Å². The van der Waals surface area contributed by atoms with E-state index in [1.807, 2.05) is 11.3 Å². The molecule has 2 aromatic heterocycles. The number of nitrogens with zero attached hydrogens (tertiary/aromatic N) is 2. The number of anilines is 3. The summed E-state index contributed by atoms with van der Waals surface area (Å²) >= 11 is 1.87. The number of thiophene rings is 1. The van der Waals surface area contributed by atoms with Crippen LogP contribution in [0.1, 0.15) is 22.3 Å². The monoisotopic (exact) mass is 862 g/mol. The molecule has 2 nitrogen and oxygen atoms in total. The highest BCUT2D eigenvalue weighted by atomic mass is 32.1. The normalized spacial score (nSPS) is 15.7. The van der Waals surface area contributed by atoms with Gasteiger partial charge in [0.2, 0.25) is 0 Å². The number of benzene rings is 10. The SMILES string of the molecule is C[Si]1(C)c2ccccc2C2(c3ccccc3-c3cccc4cccc2c34)c2ccc(N(c3ccccc3)c3ccc4c(c3)c3ccccc3n4-c3ccc4sc5ccccc5c4c3)cc21. The van der Waals surface area contributed by atoms with Gasteiger partial charge in [0.1, 0.15) is 8.07 Å². The van der Waals surface area contributed by atoms with Gasteiger partial charge in [0.25, 0.3) is 0 Å². The Balaban J connectivity index is 1.01. The van der Waals surface area contributed by atoms with Crippen LogP contribution >= 0.6 is 11.3 Å². The Labute approximate surface area is 382 Å². The molecular weight excluding hydrogens is 821 g/mol. The fraction of sp³-hybridized carbons (Fsp3) is 0.0492. The molecule has 0 fully saturated rings. The molecule has 1 aliphatic carbocycles. The lowest BCUT2D eigenvalue weighted by Crippen LogP contribution is -2.63. The maximum Gasteiger partial charge on any atom is 0.113 e. The first-order valence-corrected chi connectivity index (χ1v) is 26.5. The van der Waals surface area contributed by atoms with Crippen molar-refractivity contribution < 1.29 is 0 Å². The molecule has 0 N–H and O–H groups in total. The highest BCUT2D eigenvalue weighted by Gasteiger charge is 2.52. The molecule has 10 aromatic carbocycles. The Bertz CT molecular complexity index is 3950. The third kappa shape index (κ3) is 4.98. The van der Waals surface area contributed by atoms with Crippen molar-refractivity contribution in [3.05, 3.63) is 241 Å². The minimum absolute atomic E-state index is 0.478. The number of hydrogen-bond donors (Lipinski definition) is 0. The number of rotatable bonds is 4. The average Bonchev–Trinajstić information content (AvgIpc) is 3.90. The van der Waals surface area contributed by atoms with Crippen LogP contribution in [0, 0.1) is 0 Å². The Morgan fingerprint density at radius 1 is 0.415 bits per heavy atom. The molecular formula is C61H42N2SSi. The van der Waals surface area contributed by atoms with E-state index in [1.165, 1.54) is 108 Å². The molecule has 14 rings (SSSR count). The Kier molecular flexibility index (Phi) is 7.67. The fourth-order valence-corrected chi connectivity index (χ4v) is 16.4. The van der Waals surface area contributed by atoms with Gasteiger partial charge in [0, 0.05) is 53.7 Å². The van der Waals surface area contributed by atoms with E-state index in [9.17, 15) is 0 Å². The van der Waals surface area contributed by atoms with Crippen molar-refractivity contribution >= 4 is 99.6 Å². The summed E-state index contributed by atoms with van der Waals surface area (Å²) in [7, 11) is -2.29. The van der Waals surface area contributed by atoms with Gasteiger partial charge in [-0.1, -0.05) is 159 Å². The van der Waals surface area contributed by atoms with Crippen LogP contribution in [0.3, 0.4) is 0 Å². The van der Waals surface area contributed by atoms with E-state index in [-0.39, 0.29) is 0 Å². The van der Waals surface area contributed by atoms with Crippen molar-refractivity contribution in [1.82, 2.24) is 4.57 Å². The van der Waals surface area contributed by atoms with Crippen molar-refractivity contribution in [2.45, 2.75) is 18.5 Å². The predicted molar refractivity (Wildman–Crippen MR) is 280 cm³/mol. The highest BCUT2D eigenvalue weighted by Crippen LogP contribution is 2.56. The Hall–Kier alpha value is -7.50. The van der Waals surface area contributed by atoms with E-state index in [0.717, 1.165) is 11.4 Å². The lowest BCUT2D eigenvalue weighted by Gasteiger charge is -2.50. The number of fused-ring (bicyclic) bond motifs is 14. The van der Waals surface area contributed by atoms with Crippen LogP contribution in [0.2, 0.25) is 13.1 Å². The molecule has 12 aromatic rings. The van der Waals surface area contributed by atoms with Crippen molar-refractivity contribution in [2.24, 2.45) is 0 Å². The molecule has 1 spiro atoms. The molecule has 1 unspecified atom stereocenters. The predicted octanol–water partition coefficient (Wildman–Crippen LogP) is 15.3. The van der Waals surface area contributed by atoms with Gasteiger partial charge in [-0.05, 0) is 127 Å². The summed E-state index contributed by atoms with van der Waals surface area (Å²) in [5.41, 5.74) is 14.8. The van der Waals surface area contributed by atoms with Gasteiger partial charge in [-0.15, -0.1) is 11.3 Å². The zero-order chi connectivity index (χ0) is 43.0. The van der Waals surface area contributed by atoms with E-state index >= 15 is 0 Å². The molecule has 0 saturated carbocycles. The van der Waals surface area contributed by atoms with Gasteiger partial charge in [-0.3, -0.25) is 0 Å². The van der Waals surface area contributed by atoms with Gasteiger partial charge in [0.05, 0.1) is 16.4 Å². The van der Waals surface area contributed by atoms with Gasteiger partial charge in [-0.25, -0.2) is 0 Å². The summed E-state index contributed by atoms with van der Waals surface area (Å²) in [5, 5.41) is 10.7. The van der Waals surface area contributed by atoms with E-state index in [0.29, 0.717) is 0 Å². The standard InChI is InChI=1S/C61H42N2SSi/c1-65(2)58-29-13-10-25-51(58)61(50-24-9-6-20-44(50)47-23-14-16-39-17-15-26-53(61)60(39)47)52-33-30-43(38-59(52)65)62(40-18-4-3-5-19-40)41-31-34-55-48(36-41)45-21-7-11-27-54(45)63(55)42-32-35-57-49(37-42)46-22-8-12-28-56(46)64-57/h3-38H,1-2H3. The molecule has 65 heavy (non-hydrogen) atoms. The van der Waals surface area contributed by atoms with E-state index in [1.54, 1.807) is 0 Å². The second-order valence-electron chi connectivity index (χ2n) is 18.4. The van der Waals surface area contributed by atoms with Crippen LogP contribution in [-0.4, -0.2) is 12.6 Å². The maximum atomic E-state index is 2.57. The second kappa shape index (κ2) is 13.5. The Morgan fingerprint density at radius 2 is 1.06 bits per heavy atom. The average molecular weight is 863 g/mol. The molecule has 3 heterocycles. The van der Waals surface area contributed by atoms with Gasteiger partial charge in [0.15, 0.2) is 0 Å². The van der Waals surface area contributed by atoms with Crippen LogP contribution in [-0.2, 0) is 5.41 Å². The molecule has 2 aliphatic rings. The first-order chi connectivity index (χ1) is 32.0. The van der Waals surface area contributed by atoms with Crippen molar-refractivity contribution in [3.63, 3.8) is 0 Å². The van der Waals surface area contributed by atoms with Gasteiger partial charge < -0.3 is 9.47 Å². The summed E-state index contributed by atoms with van der Waals surface area (Å²) in [6, 6.07) is 82.6. The zero-order valence-corrected chi connectivity index (χ0v) is 37.9. The molecule has 1 atom stereocenters. The van der Waals surface area contributed by atoms with E-state index in [4.69, 9.17) is 0 Å². The van der Waals surface area contributed by atoms with E-state index in [2.05, 4.69) is 241 Å². The first-order valence-electron chi connectivity index (χ1n) is 22.7. The first kappa shape index (κ1) is 36.9. The third-order valence-corrected chi connectivity index (χ3v) is 19.5. The number of hydrogen-bond acceptors (Lipinski definition) is 2. The zero-order valence-electron chi connectivity index (χ0n) is 36.1. The molecule has 0 saturated heterocycles. The van der Waals surface area contributed by atoms with Crippen molar-refractivity contribution in [1.29, 1.82) is 0 Å². The Morgan fingerprint density at radius 3 is 1.95 bits per heavy atom. The second-order valence-corrected chi connectivity index (χ2v) is 23.8. The third-order valence-electron chi connectivity index (χ3n) is 14.8. The molecule has 4 heteroatoms. The van der Waals surface area contributed by atoms with Crippen molar-refractivity contribution in [3.8, 4) is 16.8 Å². The maximum absolute atomic E-state index is 2.57. The molecule has 0 radical (unpaired) electrons. The summed E-state index contributed by atoms with van der Waals surface area (Å²) in [4.78, 5) is 2.48. The highest BCUT2D eigenvalue weighted by molar-refractivity contribution is 7.25. The summed E-state index contributed by atoms with van der Waals surface area (Å²) < 4.78 is 5.10. The number of aromatic nitrogens is 1. The van der Waals surface area contributed by atoms with Gasteiger partial charge in [-0.2, -0.15) is 0 Å². The fourth-order valence-electron chi connectivity index (χ4n) is 12.1. The van der Waals surface area contributed by atoms with Crippen LogP contribution in [0.5, 0.6) is 0 Å². The van der Waals surface area contributed by atoms with Crippen LogP contribution < -0.4 is 15.3 Å².